The van der Waals surface area contributed by atoms with Gasteiger partial charge in [-0.3, -0.25) is 4.79 Å². The molecule has 0 aromatic carbocycles. The van der Waals surface area contributed by atoms with Gasteiger partial charge in [-0.25, -0.2) is 0 Å². The van der Waals surface area contributed by atoms with Crippen molar-refractivity contribution >= 4 is 5.97 Å². The third-order valence-corrected chi connectivity index (χ3v) is 2.20. The van der Waals surface area contributed by atoms with Crippen LogP contribution >= 0.6 is 0 Å². The maximum absolute atomic E-state index is 10.9. The third-order valence-electron chi connectivity index (χ3n) is 2.20. The highest BCUT2D eigenvalue weighted by Gasteiger charge is 2.22. The highest BCUT2D eigenvalue weighted by molar-refractivity contribution is 5.73. The van der Waals surface area contributed by atoms with Crippen molar-refractivity contribution in [2.45, 2.75) is 45.7 Å². The minimum Gasteiger partial charge on any atom is -0.480 e. The van der Waals surface area contributed by atoms with Gasteiger partial charge in [0.15, 0.2) is 0 Å². The van der Waals surface area contributed by atoms with Gasteiger partial charge in [0.1, 0.15) is 6.04 Å². The van der Waals surface area contributed by atoms with E-state index >= 15 is 0 Å². The molecule has 3 nitrogen and oxygen atoms in total. The number of nitrogens with one attached hydrogen (secondary N) is 1. The Balaban J connectivity index is 4.02. The Labute approximate surface area is 86.2 Å². The zero-order valence-electron chi connectivity index (χ0n) is 9.29. The maximum Gasteiger partial charge on any atom is 0.320 e. The second-order valence-electron chi connectivity index (χ2n) is 3.99. The van der Waals surface area contributed by atoms with Crippen LogP contribution in [-0.4, -0.2) is 23.2 Å². The highest BCUT2D eigenvalue weighted by atomic mass is 16.4. The normalized spacial score (nSPS) is 15.1. The molecule has 2 atom stereocenters. The molecular weight excluding hydrogens is 178 g/mol. The van der Waals surface area contributed by atoms with Gasteiger partial charge in [0.25, 0.3) is 0 Å². The molecule has 14 heavy (non-hydrogen) atoms. The quantitative estimate of drug-likeness (QED) is 0.617. The molecular formula is C11H21NO2. The van der Waals surface area contributed by atoms with Crippen molar-refractivity contribution < 1.29 is 9.90 Å². The lowest BCUT2D eigenvalue weighted by Gasteiger charge is -2.22. The second kappa shape index (κ2) is 6.60. The summed E-state index contributed by atoms with van der Waals surface area (Å²) < 4.78 is 0. The van der Waals surface area contributed by atoms with Gasteiger partial charge in [0.2, 0.25) is 0 Å². The van der Waals surface area contributed by atoms with E-state index in [0.717, 1.165) is 12.8 Å². The first-order valence-corrected chi connectivity index (χ1v) is 5.08. The standard InChI is InChI=1S/C11H21NO2/c1-5-6-7-9(4)12-10(8(2)3)11(13)14/h5,8-10,12H,1,6-7H2,2-4H3,(H,13,14). The van der Waals surface area contributed by atoms with E-state index in [2.05, 4.69) is 11.9 Å². The van der Waals surface area contributed by atoms with E-state index in [1.54, 1.807) is 0 Å². The molecule has 0 aromatic rings. The van der Waals surface area contributed by atoms with Crippen molar-refractivity contribution in [3.8, 4) is 0 Å². The Kier molecular flexibility index (Phi) is 6.21. The molecule has 0 bridgehead atoms. The molecule has 0 aromatic heterocycles. The fourth-order valence-electron chi connectivity index (χ4n) is 1.31. The Morgan fingerprint density at radius 3 is 2.43 bits per heavy atom. The largest absolute Gasteiger partial charge is 0.480 e. The van der Waals surface area contributed by atoms with Crippen molar-refractivity contribution in [3.63, 3.8) is 0 Å². The van der Waals surface area contributed by atoms with Crippen LogP contribution in [0.2, 0.25) is 0 Å². The van der Waals surface area contributed by atoms with Crippen LogP contribution in [0.1, 0.15) is 33.6 Å². The molecule has 0 aliphatic carbocycles. The smallest absolute Gasteiger partial charge is 0.320 e. The molecule has 2 unspecified atom stereocenters. The van der Waals surface area contributed by atoms with Crippen molar-refractivity contribution in [1.82, 2.24) is 5.32 Å². The number of allylic oxidation sites excluding steroid dienone is 1. The van der Waals surface area contributed by atoms with E-state index < -0.39 is 12.0 Å². The summed E-state index contributed by atoms with van der Waals surface area (Å²) in [7, 11) is 0. The SMILES string of the molecule is C=CCCC(C)NC(C(=O)O)C(C)C. The average molecular weight is 199 g/mol. The lowest BCUT2D eigenvalue weighted by Crippen LogP contribution is -2.45. The summed E-state index contributed by atoms with van der Waals surface area (Å²) in [5.74, 6) is -0.663. The number of carboxylic acid groups (broad SMARTS) is 1. The Bertz CT molecular complexity index is 190. The fourth-order valence-corrected chi connectivity index (χ4v) is 1.31. The monoisotopic (exact) mass is 199 g/mol. The number of hydrogen-bond donors (Lipinski definition) is 2. The zero-order valence-corrected chi connectivity index (χ0v) is 9.29. The van der Waals surface area contributed by atoms with Crippen LogP contribution in [0, 0.1) is 5.92 Å². The van der Waals surface area contributed by atoms with Gasteiger partial charge in [0.05, 0.1) is 0 Å². The van der Waals surface area contributed by atoms with E-state index in [4.69, 9.17) is 5.11 Å². The van der Waals surface area contributed by atoms with Gasteiger partial charge >= 0.3 is 5.97 Å². The van der Waals surface area contributed by atoms with Crippen molar-refractivity contribution in [1.29, 1.82) is 0 Å². The highest BCUT2D eigenvalue weighted by Crippen LogP contribution is 2.05. The Morgan fingerprint density at radius 1 is 1.50 bits per heavy atom. The Morgan fingerprint density at radius 2 is 2.07 bits per heavy atom. The van der Waals surface area contributed by atoms with Crippen molar-refractivity contribution in [3.05, 3.63) is 12.7 Å². The molecule has 0 heterocycles. The van der Waals surface area contributed by atoms with Gasteiger partial charge in [0, 0.05) is 6.04 Å². The first kappa shape index (κ1) is 13.2. The number of rotatable bonds is 7. The third kappa shape index (κ3) is 5.02. The molecule has 0 amide bonds. The molecule has 82 valence electrons. The van der Waals surface area contributed by atoms with E-state index in [0.29, 0.717) is 0 Å². The van der Waals surface area contributed by atoms with Gasteiger partial charge in [-0.15, -0.1) is 6.58 Å². The van der Waals surface area contributed by atoms with Gasteiger partial charge < -0.3 is 10.4 Å². The molecule has 0 aliphatic rings. The van der Waals surface area contributed by atoms with E-state index in [1.807, 2.05) is 26.8 Å². The van der Waals surface area contributed by atoms with Crippen molar-refractivity contribution in [2.24, 2.45) is 5.92 Å². The molecule has 0 fully saturated rings. The summed E-state index contributed by atoms with van der Waals surface area (Å²) in [6, 6.07) is -0.230. The summed E-state index contributed by atoms with van der Waals surface area (Å²) in [6.45, 7) is 9.46. The molecule has 0 saturated heterocycles. The minimum absolute atomic E-state index is 0.110. The first-order chi connectivity index (χ1) is 6.49. The summed E-state index contributed by atoms with van der Waals surface area (Å²) in [5.41, 5.74) is 0. The van der Waals surface area contributed by atoms with E-state index in [9.17, 15) is 4.79 Å². The van der Waals surface area contributed by atoms with Gasteiger partial charge in [-0.05, 0) is 25.7 Å². The molecule has 0 saturated carbocycles. The summed E-state index contributed by atoms with van der Waals surface area (Å²) in [6.07, 6.45) is 3.70. The molecule has 0 rings (SSSR count). The van der Waals surface area contributed by atoms with Crippen LogP contribution in [-0.2, 0) is 4.79 Å². The van der Waals surface area contributed by atoms with Crippen molar-refractivity contribution in [2.75, 3.05) is 0 Å². The molecule has 2 N–H and O–H groups in total. The number of hydrogen-bond acceptors (Lipinski definition) is 2. The summed E-state index contributed by atoms with van der Waals surface area (Å²) in [4.78, 5) is 10.9. The molecule has 0 spiro atoms. The number of aliphatic carboxylic acids is 1. The second-order valence-corrected chi connectivity index (χ2v) is 3.99. The minimum atomic E-state index is -0.773. The average Bonchev–Trinajstić information content (AvgIpc) is 2.09. The van der Waals surface area contributed by atoms with Crippen LogP contribution in [0.15, 0.2) is 12.7 Å². The zero-order chi connectivity index (χ0) is 11.1. The fraction of sp³-hybridized carbons (Fsp3) is 0.727. The topological polar surface area (TPSA) is 49.3 Å². The van der Waals surface area contributed by atoms with E-state index in [-0.39, 0.29) is 12.0 Å². The molecule has 0 aliphatic heterocycles. The molecule has 3 heteroatoms. The first-order valence-electron chi connectivity index (χ1n) is 5.08. The summed E-state index contributed by atoms with van der Waals surface area (Å²) >= 11 is 0. The van der Waals surface area contributed by atoms with Crippen LogP contribution in [0.4, 0.5) is 0 Å². The van der Waals surface area contributed by atoms with Gasteiger partial charge in [-0.2, -0.15) is 0 Å². The number of carboxylic acids is 1. The van der Waals surface area contributed by atoms with Crippen LogP contribution in [0.25, 0.3) is 0 Å². The van der Waals surface area contributed by atoms with Crippen LogP contribution in [0.3, 0.4) is 0 Å². The lowest BCUT2D eigenvalue weighted by molar-refractivity contribution is -0.140. The van der Waals surface area contributed by atoms with E-state index in [1.165, 1.54) is 0 Å². The van der Waals surface area contributed by atoms with Crippen LogP contribution in [0.5, 0.6) is 0 Å². The summed E-state index contributed by atoms with van der Waals surface area (Å²) in [5, 5.41) is 12.0. The maximum atomic E-state index is 10.9. The van der Waals surface area contributed by atoms with Gasteiger partial charge in [-0.1, -0.05) is 19.9 Å². The Hall–Kier alpha value is -0.830. The van der Waals surface area contributed by atoms with Crippen LogP contribution < -0.4 is 5.32 Å². The number of carbonyl (C=O) groups is 1. The predicted octanol–water partition coefficient (Wildman–Crippen LogP) is 2.04. The predicted molar refractivity (Wildman–Crippen MR) is 58.3 cm³/mol. The molecule has 0 radical (unpaired) electrons. The lowest BCUT2D eigenvalue weighted by atomic mass is 10.0.